The summed E-state index contributed by atoms with van der Waals surface area (Å²) in [7, 11) is 0. The summed E-state index contributed by atoms with van der Waals surface area (Å²) in [5.74, 6) is -1.24. The van der Waals surface area contributed by atoms with Gasteiger partial charge in [-0.3, -0.25) is 14.4 Å². The molecule has 0 radical (unpaired) electrons. The largest absolute Gasteiger partial charge is 0.480 e. The number of aliphatic carboxylic acids is 1. The van der Waals surface area contributed by atoms with Gasteiger partial charge in [0, 0.05) is 17.9 Å². The molecule has 0 aliphatic carbocycles. The van der Waals surface area contributed by atoms with Crippen LogP contribution in [0.5, 0.6) is 0 Å². The highest BCUT2D eigenvalue weighted by Gasteiger charge is 2.18. The number of nitrogens with two attached hydrogens (primary N) is 1. The van der Waals surface area contributed by atoms with Crippen molar-refractivity contribution in [1.29, 1.82) is 0 Å². The van der Waals surface area contributed by atoms with Gasteiger partial charge in [0.25, 0.3) is 0 Å². The highest BCUT2D eigenvalue weighted by Crippen LogP contribution is 2.15. The molecule has 0 spiro atoms. The van der Waals surface area contributed by atoms with Gasteiger partial charge in [-0.2, -0.15) is 11.8 Å². The van der Waals surface area contributed by atoms with Gasteiger partial charge in [0.2, 0.25) is 11.8 Å². The Bertz CT molecular complexity index is 479. The summed E-state index contributed by atoms with van der Waals surface area (Å²) in [6, 6.07) is 8.61. The normalized spacial score (nSPS) is 10.0. The number of rotatable bonds is 8. The van der Waals surface area contributed by atoms with Crippen LogP contribution < -0.4 is 10.6 Å². The van der Waals surface area contributed by atoms with Gasteiger partial charge in [0.05, 0.1) is 5.75 Å². The average Bonchev–Trinajstić information content (AvgIpc) is 2.41. The number of primary amides is 1. The van der Waals surface area contributed by atoms with Crippen LogP contribution in [0, 0.1) is 0 Å². The van der Waals surface area contributed by atoms with Crippen LogP contribution in [0.3, 0.4) is 0 Å². The zero-order chi connectivity index (χ0) is 15.0. The van der Waals surface area contributed by atoms with Crippen molar-refractivity contribution in [1.82, 2.24) is 0 Å². The molecule has 0 heterocycles. The SMILES string of the molecule is NC(=O)CSCCC(=O)N(CC(=O)O)c1ccccc1. The number of amides is 2. The fourth-order valence-electron chi connectivity index (χ4n) is 1.53. The van der Waals surface area contributed by atoms with Crippen molar-refractivity contribution in [3.63, 3.8) is 0 Å². The monoisotopic (exact) mass is 296 g/mol. The summed E-state index contributed by atoms with van der Waals surface area (Å²) in [5.41, 5.74) is 5.53. The van der Waals surface area contributed by atoms with Gasteiger partial charge in [-0.1, -0.05) is 18.2 Å². The first-order valence-corrected chi connectivity index (χ1v) is 7.09. The van der Waals surface area contributed by atoms with Crippen molar-refractivity contribution in [2.24, 2.45) is 5.73 Å². The Labute approximate surface area is 120 Å². The molecule has 108 valence electrons. The summed E-state index contributed by atoms with van der Waals surface area (Å²) in [4.78, 5) is 34.7. The van der Waals surface area contributed by atoms with Crippen LogP contribution in [0.25, 0.3) is 0 Å². The standard InChI is InChI=1S/C13H16N2O4S/c14-11(16)9-20-7-6-12(17)15(8-13(18)19)10-4-2-1-3-5-10/h1-5H,6-9H2,(H2,14,16)(H,18,19). The van der Waals surface area contributed by atoms with Crippen molar-refractivity contribution in [3.8, 4) is 0 Å². The van der Waals surface area contributed by atoms with Gasteiger partial charge in [0.15, 0.2) is 0 Å². The fourth-order valence-corrected chi connectivity index (χ4v) is 2.20. The highest BCUT2D eigenvalue weighted by molar-refractivity contribution is 7.99. The number of carboxylic acids is 1. The van der Waals surface area contributed by atoms with Gasteiger partial charge in [-0.15, -0.1) is 0 Å². The Balaban J connectivity index is 2.61. The Kier molecular flexibility index (Phi) is 6.58. The third-order valence-electron chi connectivity index (χ3n) is 2.37. The molecule has 0 bridgehead atoms. The molecule has 3 N–H and O–H groups in total. The topological polar surface area (TPSA) is 101 Å². The lowest BCUT2D eigenvalue weighted by atomic mass is 10.2. The molecule has 0 fully saturated rings. The molecule has 2 amide bonds. The number of hydrogen-bond donors (Lipinski definition) is 2. The second kappa shape index (κ2) is 8.21. The van der Waals surface area contributed by atoms with E-state index in [0.717, 1.165) is 0 Å². The minimum atomic E-state index is -1.08. The van der Waals surface area contributed by atoms with Gasteiger partial charge in [-0.05, 0) is 12.1 Å². The lowest BCUT2D eigenvalue weighted by Gasteiger charge is -2.20. The highest BCUT2D eigenvalue weighted by atomic mass is 32.2. The molecule has 1 aromatic carbocycles. The minimum absolute atomic E-state index is 0.150. The molecule has 0 unspecified atom stereocenters. The first-order valence-electron chi connectivity index (χ1n) is 5.94. The van der Waals surface area contributed by atoms with Crippen LogP contribution in [0.1, 0.15) is 6.42 Å². The first-order chi connectivity index (χ1) is 9.50. The molecule has 20 heavy (non-hydrogen) atoms. The number of carboxylic acid groups (broad SMARTS) is 1. The van der Waals surface area contributed by atoms with Crippen LogP contribution >= 0.6 is 11.8 Å². The quantitative estimate of drug-likeness (QED) is 0.688. The zero-order valence-electron chi connectivity index (χ0n) is 10.8. The summed E-state index contributed by atoms with van der Waals surface area (Å²) in [6.45, 7) is -0.386. The number of benzene rings is 1. The van der Waals surface area contributed by atoms with E-state index in [4.69, 9.17) is 10.8 Å². The van der Waals surface area contributed by atoms with Crippen molar-refractivity contribution in [3.05, 3.63) is 30.3 Å². The molecule has 0 aliphatic rings. The van der Waals surface area contributed by atoms with Gasteiger partial charge in [-0.25, -0.2) is 0 Å². The summed E-state index contributed by atoms with van der Waals surface area (Å²) in [6.07, 6.45) is 0.153. The van der Waals surface area contributed by atoms with Crippen LogP contribution in [0.4, 0.5) is 5.69 Å². The van der Waals surface area contributed by atoms with E-state index >= 15 is 0 Å². The van der Waals surface area contributed by atoms with Gasteiger partial charge < -0.3 is 15.7 Å². The Morgan fingerprint density at radius 1 is 1.20 bits per heavy atom. The molecular weight excluding hydrogens is 280 g/mol. The minimum Gasteiger partial charge on any atom is -0.480 e. The number of anilines is 1. The molecule has 7 heteroatoms. The summed E-state index contributed by atoms with van der Waals surface area (Å²) in [5, 5.41) is 8.88. The summed E-state index contributed by atoms with van der Waals surface area (Å²) >= 11 is 1.25. The van der Waals surface area contributed by atoms with Crippen molar-refractivity contribution in [2.75, 3.05) is 23.0 Å². The second-order valence-corrected chi connectivity index (χ2v) is 5.08. The zero-order valence-corrected chi connectivity index (χ0v) is 11.6. The van der Waals surface area contributed by atoms with E-state index in [1.807, 2.05) is 0 Å². The third kappa shape index (κ3) is 5.75. The van der Waals surface area contributed by atoms with Crippen LogP contribution in [-0.4, -0.2) is 40.9 Å². The first kappa shape index (κ1) is 16.0. The third-order valence-corrected chi connectivity index (χ3v) is 3.35. The number of nitrogens with zero attached hydrogens (tertiary/aromatic N) is 1. The van der Waals surface area contributed by atoms with Crippen LogP contribution in [-0.2, 0) is 14.4 Å². The van der Waals surface area contributed by atoms with Crippen LogP contribution in [0.2, 0.25) is 0 Å². The second-order valence-electron chi connectivity index (χ2n) is 3.98. The van der Waals surface area contributed by atoms with E-state index in [1.54, 1.807) is 30.3 Å². The van der Waals surface area contributed by atoms with E-state index in [2.05, 4.69) is 0 Å². The lowest BCUT2D eigenvalue weighted by molar-refractivity contribution is -0.136. The Hall–Kier alpha value is -2.02. The fraction of sp³-hybridized carbons (Fsp3) is 0.308. The van der Waals surface area contributed by atoms with E-state index in [9.17, 15) is 14.4 Å². The number of hydrogen-bond acceptors (Lipinski definition) is 4. The maximum absolute atomic E-state index is 12.1. The maximum atomic E-state index is 12.1. The average molecular weight is 296 g/mol. The van der Waals surface area contributed by atoms with Gasteiger partial charge in [0.1, 0.15) is 6.54 Å². The summed E-state index contributed by atoms with van der Waals surface area (Å²) < 4.78 is 0. The number of thioether (sulfide) groups is 1. The van der Waals surface area contributed by atoms with E-state index in [-0.39, 0.29) is 24.6 Å². The molecule has 0 saturated carbocycles. The molecule has 6 nitrogen and oxygen atoms in total. The molecule has 1 rings (SSSR count). The van der Waals surface area contributed by atoms with E-state index in [0.29, 0.717) is 11.4 Å². The molecule has 0 aromatic heterocycles. The van der Waals surface area contributed by atoms with E-state index in [1.165, 1.54) is 16.7 Å². The smallest absolute Gasteiger partial charge is 0.323 e. The predicted octanol–water partition coefficient (Wildman–Crippen LogP) is 0.713. The molecule has 0 aliphatic heterocycles. The Morgan fingerprint density at radius 3 is 2.40 bits per heavy atom. The predicted molar refractivity (Wildman–Crippen MR) is 77.6 cm³/mol. The van der Waals surface area contributed by atoms with Crippen LogP contribution in [0.15, 0.2) is 30.3 Å². The number of carbonyl (C=O) groups is 3. The molecular formula is C13H16N2O4S. The van der Waals surface area contributed by atoms with E-state index < -0.39 is 11.9 Å². The van der Waals surface area contributed by atoms with Gasteiger partial charge >= 0.3 is 5.97 Å². The van der Waals surface area contributed by atoms with Crippen molar-refractivity contribution >= 4 is 35.2 Å². The molecule has 1 aromatic rings. The molecule has 0 saturated heterocycles. The van der Waals surface area contributed by atoms with Crippen molar-refractivity contribution in [2.45, 2.75) is 6.42 Å². The lowest BCUT2D eigenvalue weighted by Crippen LogP contribution is -2.35. The molecule has 0 atom stereocenters. The van der Waals surface area contributed by atoms with Crippen molar-refractivity contribution < 1.29 is 19.5 Å². The number of carbonyl (C=O) groups excluding carboxylic acids is 2. The maximum Gasteiger partial charge on any atom is 0.323 e. The Morgan fingerprint density at radius 2 is 1.85 bits per heavy atom. The number of para-hydroxylation sites is 1.